The molecule has 0 saturated heterocycles. The summed E-state index contributed by atoms with van der Waals surface area (Å²) in [5.74, 6) is -0.333. The third kappa shape index (κ3) is 3.44. The van der Waals surface area contributed by atoms with Crippen molar-refractivity contribution in [2.24, 2.45) is 0 Å². The van der Waals surface area contributed by atoms with Gasteiger partial charge < -0.3 is 14.9 Å². The van der Waals surface area contributed by atoms with Crippen LogP contribution in [0.4, 0.5) is 0 Å². The predicted octanol–water partition coefficient (Wildman–Crippen LogP) is 0.745. The predicted molar refractivity (Wildman–Crippen MR) is 63.1 cm³/mol. The molecule has 0 saturated carbocycles. The van der Waals surface area contributed by atoms with Crippen LogP contribution < -0.4 is 4.74 Å². The summed E-state index contributed by atoms with van der Waals surface area (Å²) in [4.78, 5) is 12.8. The highest BCUT2D eigenvalue weighted by Gasteiger charge is 2.24. The molecule has 1 aromatic rings. The van der Waals surface area contributed by atoms with Crippen LogP contribution in [0.3, 0.4) is 0 Å². The topological polar surface area (TPSA) is 70.0 Å². The number of likely N-dealkylation sites (N-methyl/N-ethyl adjacent to an activating group) is 1. The summed E-state index contributed by atoms with van der Waals surface area (Å²) in [5.41, 5.74) is 0.632. The van der Waals surface area contributed by atoms with Gasteiger partial charge in [0.25, 0.3) is 0 Å². The van der Waals surface area contributed by atoms with E-state index in [-0.39, 0.29) is 6.61 Å². The van der Waals surface area contributed by atoms with Gasteiger partial charge >= 0.3 is 5.97 Å². The number of carboxylic acid groups (broad SMARTS) is 1. The van der Waals surface area contributed by atoms with E-state index in [0.29, 0.717) is 17.9 Å². The van der Waals surface area contributed by atoms with Gasteiger partial charge in [-0.3, -0.25) is 9.69 Å². The lowest BCUT2D eigenvalue weighted by Gasteiger charge is -2.24. The molecule has 0 bridgehead atoms. The lowest BCUT2D eigenvalue weighted by Crippen LogP contribution is -2.32. The molecule has 1 aromatic carbocycles. The number of aliphatic carboxylic acids is 1. The van der Waals surface area contributed by atoms with E-state index < -0.39 is 12.0 Å². The summed E-state index contributed by atoms with van der Waals surface area (Å²) in [7, 11) is 3.20. The van der Waals surface area contributed by atoms with E-state index in [1.807, 2.05) is 0 Å². The normalized spacial score (nSPS) is 12.5. The number of carboxylic acids is 1. The van der Waals surface area contributed by atoms with Crippen molar-refractivity contribution in [3.63, 3.8) is 0 Å². The highest BCUT2D eigenvalue weighted by molar-refractivity contribution is 5.75. The second-order valence-electron chi connectivity index (χ2n) is 3.72. The monoisotopic (exact) mass is 239 g/mol. The zero-order valence-corrected chi connectivity index (χ0v) is 9.96. The third-order valence-corrected chi connectivity index (χ3v) is 2.54. The summed E-state index contributed by atoms with van der Waals surface area (Å²) in [5, 5.41) is 18.1. The average Bonchev–Trinajstić information content (AvgIpc) is 2.29. The molecular weight excluding hydrogens is 222 g/mol. The van der Waals surface area contributed by atoms with Gasteiger partial charge in [0, 0.05) is 6.54 Å². The molecule has 0 spiro atoms. The minimum atomic E-state index is -0.950. The third-order valence-electron chi connectivity index (χ3n) is 2.54. The van der Waals surface area contributed by atoms with Crippen LogP contribution in [0.15, 0.2) is 24.3 Å². The Morgan fingerprint density at radius 2 is 2.24 bits per heavy atom. The van der Waals surface area contributed by atoms with Crippen molar-refractivity contribution in [2.45, 2.75) is 6.04 Å². The summed E-state index contributed by atoms with van der Waals surface area (Å²) in [6.45, 7) is 0.221. The zero-order valence-electron chi connectivity index (χ0n) is 9.96. The molecule has 5 heteroatoms. The van der Waals surface area contributed by atoms with E-state index in [1.165, 1.54) is 7.11 Å². The van der Waals surface area contributed by atoms with Crippen molar-refractivity contribution in [2.75, 3.05) is 27.3 Å². The van der Waals surface area contributed by atoms with Crippen LogP contribution in [-0.4, -0.2) is 48.4 Å². The Morgan fingerprint density at radius 1 is 1.53 bits per heavy atom. The van der Waals surface area contributed by atoms with Crippen molar-refractivity contribution >= 4 is 5.97 Å². The van der Waals surface area contributed by atoms with E-state index >= 15 is 0 Å². The molecule has 0 amide bonds. The smallest absolute Gasteiger partial charge is 0.325 e. The van der Waals surface area contributed by atoms with Gasteiger partial charge in [-0.25, -0.2) is 0 Å². The van der Waals surface area contributed by atoms with Crippen LogP contribution in [0.25, 0.3) is 0 Å². The minimum absolute atomic E-state index is 0.0791. The number of ether oxygens (including phenoxy) is 1. The number of hydrogen-bond acceptors (Lipinski definition) is 4. The average molecular weight is 239 g/mol. The van der Waals surface area contributed by atoms with Crippen LogP contribution in [0.1, 0.15) is 11.6 Å². The molecule has 0 radical (unpaired) electrons. The number of nitrogens with zero attached hydrogens (tertiary/aromatic N) is 1. The Hall–Kier alpha value is -1.59. The molecule has 94 valence electrons. The quantitative estimate of drug-likeness (QED) is 0.766. The number of aliphatic hydroxyl groups excluding tert-OH is 1. The molecule has 17 heavy (non-hydrogen) atoms. The van der Waals surface area contributed by atoms with Gasteiger partial charge in [0.1, 0.15) is 11.8 Å². The van der Waals surface area contributed by atoms with Crippen molar-refractivity contribution in [1.29, 1.82) is 0 Å². The lowest BCUT2D eigenvalue weighted by atomic mass is 10.1. The van der Waals surface area contributed by atoms with Gasteiger partial charge in [0.05, 0.1) is 13.7 Å². The maximum atomic E-state index is 11.3. The van der Waals surface area contributed by atoms with Crippen molar-refractivity contribution in [3.8, 4) is 5.75 Å². The fraction of sp³-hybridized carbons (Fsp3) is 0.417. The second-order valence-corrected chi connectivity index (χ2v) is 3.72. The van der Waals surface area contributed by atoms with Crippen LogP contribution in [0.5, 0.6) is 5.75 Å². The molecular formula is C12H17NO4. The fourth-order valence-electron chi connectivity index (χ4n) is 1.68. The first-order chi connectivity index (χ1) is 8.10. The highest BCUT2D eigenvalue weighted by atomic mass is 16.5. The first-order valence-corrected chi connectivity index (χ1v) is 5.28. The molecule has 0 aliphatic rings. The summed E-state index contributed by atoms with van der Waals surface area (Å²) in [6, 6.07) is 6.14. The van der Waals surface area contributed by atoms with Crippen LogP contribution in [-0.2, 0) is 4.79 Å². The molecule has 1 atom stereocenters. The number of rotatable bonds is 6. The van der Waals surface area contributed by atoms with Crippen molar-refractivity contribution < 1.29 is 19.7 Å². The molecule has 0 aliphatic heterocycles. The van der Waals surface area contributed by atoms with Gasteiger partial charge in [0.2, 0.25) is 0 Å². The van der Waals surface area contributed by atoms with E-state index in [1.54, 1.807) is 36.2 Å². The Balaban J connectivity index is 3.00. The number of aliphatic hydroxyl groups is 1. The standard InChI is InChI=1S/C12H17NO4/c1-13(6-7-14)11(12(15)16)9-4-3-5-10(8-9)17-2/h3-5,8,11,14H,6-7H2,1-2H3,(H,15,16). The number of methoxy groups -OCH3 is 1. The Kier molecular flexibility index (Phi) is 4.93. The first kappa shape index (κ1) is 13.5. The van der Waals surface area contributed by atoms with Crippen molar-refractivity contribution in [1.82, 2.24) is 4.90 Å². The van der Waals surface area contributed by atoms with E-state index in [9.17, 15) is 9.90 Å². The van der Waals surface area contributed by atoms with E-state index in [4.69, 9.17) is 9.84 Å². The largest absolute Gasteiger partial charge is 0.497 e. The molecule has 1 unspecified atom stereocenters. The van der Waals surface area contributed by atoms with Gasteiger partial charge in [-0.1, -0.05) is 12.1 Å². The highest BCUT2D eigenvalue weighted by Crippen LogP contribution is 2.23. The molecule has 0 heterocycles. The minimum Gasteiger partial charge on any atom is -0.497 e. The summed E-state index contributed by atoms with van der Waals surface area (Å²) >= 11 is 0. The summed E-state index contributed by atoms with van der Waals surface area (Å²) in [6.07, 6.45) is 0. The van der Waals surface area contributed by atoms with Crippen molar-refractivity contribution in [3.05, 3.63) is 29.8 Å². The summed E-state index contributed by atoms with van der Waals surface area (Å²) < 4.78 is 5.06. The van der Waals surface area contributed by atoms with E-state index in [2.05, 4.69) is 0 Å². The lowest BCUT2D eigenvalue weighted by molar-refractivity contribution is -0.143. The zero-order chi connectivity index (χ0) is 12.8. The fourth-order valence-corrected chi connectivity index (χ4v) is 1.68. The first-order valence-electron chi connectivity index (χ1n) is 5.28. The van der Waals surface area contributed by atoms with E-state index in [0.717, 1.165) is 0 Å². The molecule has 5 nitrogen and oxygen atoms in total. The van der Waals surface area contributed by atoms with Gasteiger partial charge in [-0.15, -0.1) is 0 Å². The Labute approximate surface area is 100 Å². The molecule has 1 rings (SSSR count). The Bertz CT molecular complexity index is 381. The van der Waals surface area contributed by atoms with Gasteiger partial charge in [-0.2, -0.15) is 0 Å². The number of hydrogen-bond donors (Lipinski definition) is 2. The maximum absolute atomic E-state index is 11.3. The van der Waals surface area contributed by atoms with Crippen LogP contribution >= 0.6 is 0 Å². The van der Waals surface area contributed by atoms with Gasteiger partial charge in [-0.05, 0) is 24.7 Å². The molecule has 0 fully saturated rings. The van der Waals surface area contributed by atoms with Gasteiger partial charge in [0.15, 0.2) is 0 Å². The molecule has 0 aliphatic carbocycles. The molecule has 0 aromatic heterocycles. The number of benzene rings is 1. The second kappa shape index (κ2) is 6.22. The maximum Gasteiger partial charge on any atom is 0.325 e. The SMILES string of the molecule is COc1cccc(C(C(=O)O)N(C)CCO)c1. The Morgan fingerprint density at radius 3 is 2.76 bits per heavy atom. The van der Waals surface area contributed by atoms with Crippen LogP contribution in [0, 0.1) is 0 Å². The number of carbonyl (C=O) groups is 1. The van der Waals surface area contributed by atoms with Crippen LogP contribution in [0.2, 0.25) is 0 Å². The molecule has 2 N–H and O–H groups in total.